The van der Waals surface area contributed by atoms with Crippen molar-refractivity contribution in [1.29, 1.82) is 0 Å². The van der Waals surface area contributed by atoms with Crippen LogP contribution in [0.15, 0.2) is 36.7 Å². The fourth-order valence-electron chi connectivity index (χ4n) is 2.37. The number of rotatable bonds is 6. The van der Waals surface area contributed by atoms with E-state index in [-0.39, 0.29) is 11.8 Å². The number of benzene rings is 1. The number of carbonyl (C=O) groups is 1. The third kappa shape index (κ3) is 3.50. The maximum absolute atomic E-state index is 12.1. The molecule has 2 heterocycles. The number of carbonyl (C=O) groups excluding carboxylic acids is 1. The van der Waals surface area contributed by atoms with E-state index in [0.717, 1.165) is 16.8 Å². The Labute approximate surface area is 133 Å². The Balaban J connectivity index is 1.60. The van der Waals surface area contributed by atoms with Crippen molar-refractivity contribution < 1.29 is 9.53 Å². The molecule has 0 spiro atoms. The molecule has 0 aliphatic rings. The lowest BCUT2D eigenvalue weighted by atomic mass is 10.1. The van der Waals surface area contributed by atoms with E-state index in [4.69, 9.17) is 4.74 Å². The second-order valence-corrected chi connectivity index (χ2v) is 5.41. The summed E-state index contributed by atoms with van der Waals surface area (Å²) in [5, 5.41) is 7.00. The molecule has 0 saturated carbocycles. The van der Waals surface area contributed by atoms with Crippen molar-refractivity contribution in [2.75, 3.05) is 7.11 Å². The van der Waals surface area contributed by atoms with Crippen molar-refractivity contribution in [3.05, 3.63) is 42.5 Å². The molecule has 0 bridgehead atoms. The van der Waals surface area contributed by atoms with Gasteiger partial charge in [0, 0.05) is 18.5 Å². The molecule has 0 fully saturated rings. The smallest absolute Gasteiger partial charge is 0.225 e. The highest BCUT2D eigenvalue weighted by Gasteiger charge is 2.14. The van der Waals surface area contributed by atoms with Crippen molar-refractivity contribution in [1.82, 2.24) is 25.1 Å². The summed E-state index contributed by atoms with van der Waals surface area (Å²) in [6, 6.07) is 7.47. The summed E-state index contributed by atoms with van der Waals surface area (Å²) in [5.41, 5.74) is 1.73. The van der Waals surface area contributed by atoms with Crippen molar-refractivity contribution >= 4 is 16.9 Å². The molecule has 7 nitrogen and oxygen atoms in total. The number of hydrogen-bond donors (Lipinski definition) is 2. The van der Waals surface area contributed by atoms with Gasteiger partial charge in [0.05, 0.1) is 37.2 Å². The SMILES string of the molecule is COc1ccc2nc(CNC(=O)[C@@H](C)Cn3cccn3)[nH]c2c1. The first-order valence-corrected chi connectivity index (χ1v) is 7.43. The van der Waals surface area contributed by atoms with Gasteiger partial charge in [0.15, 0.2) is 0 Å². The van der Waals surface area contributed by atoms with E-state index >= 15 is 0 Å². The molecule has 0 radical (unpaired) electrons. The predicted octanol–water partition coefficient (Wildman–Crippen LogP) is 1.72. The fraction of sp³-hybridized carbons (Fsp3) is 0.312. The standard InChI is InChI=1S/C16H19N5O2/c1-11(10-21-7-3-6-18-21)16(22)17-9-15-19-13-5-4-12(23-2)8-14(13)20-15/h3-8,11H,9-10H2,1-2H3,(H,17,22)(H,19,20)/t11-/m0/s1. The van der Waals surface area contributed by atoms with E-state index in [2.05, 4.69) is 20.4 Å². The number of H-pyrrole nitrogens is 1. The normalized spacial score (nSPS) is 12.3. The first kappa shape index (κ1) is 15.1. The average Bonchev–Trinajstić information content (AvgIpc) is 3.20. The van der Waals surface area contributed by atoms with E-state index in [0.29, 0.717) is 18.9 Å². The molecule has 23 heavy (non-hydrogen) atoms. The lowest BCUT2D eigenvalue weighted by molar-refractivity contribution is -0.125. The average molecular weight is 313 g/mol. The highest BCUT2D eigenvalue weighted by molar-refractivity contribution is 5.79. The number of nitrogens with zero attached hydrogens (tertiary/aromatic N) is 3. The van der Waals surface area contributed by atoms with Crippen LogP contribution in [-0.2, 0) is 17.9 Å². The van der Waals surface area contributed by atoms with Gasteiger partial charge in [0.25, 0.3) is 0 Å². The zero-order chi connectivity index (χ0) is 16.2. The van der Waals surface area contributed by atoms with Crippen LogP contribution in [0.5, 0.6) is 5.75 Å². The first-order chi connectivity index (χ1) is 11.2. The number of ether oxygens (including phenoxy) is 1. The van der Waals surface area contributed by atoms with Crippen molar-refractivity contribution in [3.63, 3.8) is 0 Å². The Morgan fingerprint density at radius 3 is 3.09 bits per heavy atom. The molecule has 7 heteroatoms. The number of aromatic amines is 1. The minimum Gasteiger partial charge on any atom is -0.497 e. The van der Waals surface area contributed by atoms with Crippen LogP contribution in [0.2, 0.25) is 0 Å². The molecule has 2 aromatic heterocycles. The van der Waals surface area contributed by atoms with E-state index in [1.807, 2.05) is 37.4 Å². The molecule has 120 valence electrons. The van der Waals surface area contributed by atoms with Gasteiger partial charge in [-0.25, -0.2) is 4.98 Å². The van der Waals surface area contributed by atoms with Gasteiger partial charge < -0.3 is 15.0 Å². The monoisotopic (exact) mass is 313 g/mol. The summed E-state index contributed by atoms with van der Waals surface area (Å²) in [5.74, 6) is 1.29. The highest BCUT2D eigenvalue weighted by atomic mass is 16.5. The Kier molecular flexibility index (Phi) is 4.27. The largest absolute Gasteiger partial charge is 0.497 e. The van der Waals surface area contributed by atoms with Gasteiger partial charge in [-0.1, -0.05) is 6.92 Å². The topological polar surface area (TPSA) is 84.8 Å². The fourth-order valence-corrected chi connectivity index (χ4v) is 2.37. The van der Waals surface area contributed by atoms with Crippen LogP contribution in [-0.4, -0.2) is 32.8 Å². The molecule has 2 N–H and O–H groups in total. The number of fused-ring (bicyclic) bond motifs is 1. The lowest BCUT2D eigenvalue weighted by Crippen LogP contribution is -2.31. The van der Waals surface area contributed by atoms with Crippen molar-refractivity contribution in [2.45, 2.75) is 20.0 Å². The maximum Gasteiger partial charge on any atom is 0.225 e. The van der Waals surface area contributed by atoms with Gasteiger partial charge >= 0.3 is 0 Å². The molecular weight excluding hydrogens is 294 g/mol. The number of imidazole rings is 1. The summed E-state index contributed by atoms with van der Waals surface area (Å²) in [6.07, 6.45) is 3.55. The zero-order valence-corrected chi connectivity index (χ0v) is 13.1. The first-order valence-electron chi connectivity index (χ1n) is 7.43. The second-order valence-electron chi connectivity index (χ2n) is 5.41. The lowest BCUT2D eigenvalue weighted by Gasteiger charge is -2.11. The number of hydrogen-bond acceptors (Lipinski definition) is 4. The third-order valence-corrected chi connectivity index (χ3v) is 3.64. The summed E-state index contributed by atoms with van der Waals surface area (Å²) >= 11 is 0. The van der Waals surface area contributed by atoms with E-state index < -0.39 is 0 Å². The van der Waals surface area contributed by atoms with Gasteiger partial charge in [-0.05, 0) is 18.2 Å². The van der Waals surface area contributed by atoms with Gasteiger partial charge in [-0.3, -0.25) is 9.48 Å². The van der Waals surface area contributed by atoms with Crippen LogP contribution in [0.1, 0.15) is 12.7 Å². The number of methoxy groups -OCH3 is 1. The molecule has 1 aromatic carbocycles. The second kappa shape index (κ2) is 6.51. The predicted molar refractivity (Wildman–Crippen MR) is 85.9 cm³/mol. The van der Waals surface area contributed by atoms with E-state index in [1.165, 1.54) is 0 Å². The number of amides is 1. The van der Waals surface area contributed by atoms with Crippen LogP contribution in [0.3, 0.4) is 0 Å². The molecule has 0 aliphatic carbocycles. The Morgan fingerprint density at radius 1 is 1.48 bits per heavy atom. The van der Waals surface area contributed by atoms with Crippen molar-refractivity contribution in [3.8, 4) is 5.75 Å². The highest BCUT2D eigenvalue weighted by Crippen LogP contribution is 2.18. The molecular formula is C16H19N5O2. The Hall–Kier alpha value is -2.83. The Bertz CT molecular complexity index is 794. The minimum atomic E-state index is -0.167. The van der Waals surface area contributed by atoms with Gasteiger partial charge in [-0.15, -0.1) is 0 Å². The number of aromatic nitrogens is 4. The summed E-state index contributed by atoms with van der Waals surface area (Å²) in [4.78, 5) is 19.8. The van der Waals surface area contributed by atoms with Gasteiger partial charge in [0.2, 0.25) is 5.91 Å². The zero-order valence-electron chi connectivity index (χ0n) is 13.1. The van der Waals surface area contributed by atoms with Crippen LogP contribution in [0, 0.1) is 5.92 Å². The molecule has 0 unspecified atom stereocenters. The number of nitrogens with one attached hydrogen (secondary N) is 2. The third-order valence-electron chi connectivity index (χ3n) is 3.64. The van der Waals surface area contributed by atoms with E-state index in [1.54, 1.807) is 18.0 Å². The summed E-state index contributed by atoms with van der Waals surface area (Å²) in [6.45, 7) is 2.79. The van der Waals surface area contributed by atoms with Gasteiger partial charge in [-0.2, -0.15) is 5.10 Å². The molecule has 3 aromatic rings. The molecule has 1 amide bonds. The van der Waals surface area contributed by atoms with E-state index in [9.17, 15) is 4.79 Å². The molecule has 0 saturated heterocycles. The van der Waals surface area contributed by atoms with Crippen molar-refractivity contribution in [2.24, 2.45) is 5.92 Å². The van der Waals surface area contributed by atoms with Gasteiger partial charge in [0.1, 0.15) is 11.6 Å². The molecule has 1 atom stereocenters. The minimum absolute atomic E-state index is 0.0291. The Morgan fingerprint density at radius 2 is 2.35 bits per heavy atom. The maximum atomic E-state index is 12.1. The van der Waals surface area contributed by atoms with Crippen LogP contribution in [0.25, 0.3) is 11.0 Å². The summed E-state index contributed by atoms with van der Waals surface area (Å²) in [7, 11) is 1.62. The molecule has 0 aliphatic heterocycles. The quantitative estimate of drug-likeness (QED) is 0.725. The van der Waals surface area contributed by atoms with Crippen LogP contribution < -0.4 is 10.1 Å². The summed E-state index contributed by atoms with van der Waals surface area (Å²) < 4.78 is 6.93. The molecule has 3 rings (SSSR count). The van der Waals surface area contributed by atoms with Crippen LogP contribution >= 0.6 is 0 Å². The van der Waals surface area contributed by atoms with Crippen LogP contribution in [0.4, 0.5) is 0 Å².